The van der Waals surface area contributed by atoms with E-state index in [1.54, 1.807) is 18.3 Å². The second-order valence-electron chi connectivity index (χ2n) is 9.19. The highest BCUT2D eigenvalue weighted by Crippen LogP contribution is 2.23. The molecule has 0 aliphatic carbocycles. The number of nitrogens with zero attached hydrogens (tertiary/aromatic N) is 2. The molecule has 33 heavy (non-hydrogen) atoms. The number of likely N-dealkylation sites (tertiary alicyclic amines) is 1. The lowest BCUT2D eigenvalue weighted by atomic mass is 9.88. The lowest BCUT2D eigenvalue weighted by molar-refractivity contribution is 0.0811. The van der Waals surface area contributed by atoms with Crippen molar-refractivity contribution in [2.75, 3.05) is 19.6 Å². The first-order chi connectivity index (χ1) is 15.9. The van der Waals surface area contributed by atoms with Gasteiger partial charge in [-0.3, -0.25) is 14.6 Å². The number of carbonyl (C=O) groups excluding carboxylic acids is 2. The highest BCUT2D eigenvalue weighted by Gasteiger charge is 2.28. The van der Waals surface area contributed by atoms with E-state index in [9.17, 15) is 14.0 Å². The molecule has 1 unspecified atom stereocenters. The summed E-state index contributed by atoms with van der Waals surface area (Å²) in [5.41, 5.74) is 2.00. The molecule has 0 saturated carbocycles. The van der Waals surface area contributed by atoms with Crippen LogP contribution in [-0.2, 0) is 0 Å². The minimum Gasteiger partial charge on any atom is -0.348 e. The molecule has 0 radical (unpaired) electrons. The number of benzene rings is 2. The first-order valence-corrected chi connectivity index (χ1v) is 11.6. The molecule has 1 atom stereocenters. The van der Waals surface area contributed by atoms with Gasteiger partial charge in [0.15, 0.2) is 5.78 Å². The number of hydrogen-bond acceptors (Lipinski definition) is 4. The first-order valence-electron chi connectivity index (χ1n) is 11.6. The third kappa shape index (κ3) is 5.63. The van der Waals surface area contributed by atoms with E-state index in [2.05, 4.69) is 29.0 Å². The zero-order valence-corrected chi connectivity index (χ0v) is 19.1. The number of piperidine rings is 1. The number of halogens is 1. The molecule has 0 bridgehead atoms. The number of fused-ring (bicyclic) bond motifs is 1. The topological polar surface area (TPSA) is 62.3 Å². The van der Waals surface area contributed by atoms with Crippen molar-refractivity contribution in [3.63, 3.8) is 0 Å². The molecule has 4 rings (SSSR count). The van der Waals surface area contributed by atoms with Gasteiger partial charge in [-0.15, -0.1) is 0 Å². The third-order valence-electron chi connectivity index (χ3n) is 6.52. The average Bonchev–Trinajstić information content (AvgIpc) is 2.83. The Kier molecular flexibility index (Phi) is 7.14. The van der Waals surface area contributed by atoms with Crippen molar-refractivity contribution in [1.82, 2.24) is 15.2 Å². The van der Waals surface area contributed by atoms with Crippen LogP contribution in [0.2, 0.25) is 0 Å². The summed E-state index contributed by atoms with van der Waals surface area (Å²) >= 11 is 0. The van der Waals surface area contributed by atoms with E-state index >= 15 is 0 Å². The van der Waals surface area contributed by atoms with Crippen LogP contribution in [0.4, 0.5) is 4.39 Å². The molecule has 1 aromatic heterocycles. The van der Waals surface area contributed by atoms with Crippen molar-refractivity contribution >= 4 is 22.6 Å². The van der Waals surface area contributed by atoms with Gasteiger partial charge in [0.05, 0.1) is 11.1 Å². The first kappa shape index (κ1) is 23.1. The number of Topliss-reactive ketones (excluding diaryl/α,β-unsaturated/α-hetero) is 1. The maximum absolute atomic E-state index is 13.1. The van der Waals surface area contributed by atoms with Crippen LogP contribution >= 0.6 is 0 Å². The maximum Gasteiger partial charge on any atom is 0.253 e. The summed E-state index contributed by atoms with van der Waals surface area (Å²) in [6.07, 6.45) is 3.16. The zero-order chi connectivity index (χ0) is 23.4. The predicted octanol–water partition coefficient (Wildman–Crippen LogP) is 4.72. The van der Waals surface area contributed by atoms with Crippen molar-refractivity contribution in [2.24, 2.45) is 11.8 Å². The number of amides is 1. The van der Waals surface area contributed by atoms with Crippen molar-refractivity contribution in [3.8, 4) is 0 Å². The summed E-state index contributed by atoms with van der Waals surface area (Å²) in [4.78, 5) is 32.4. The lowest BCUT2D eigenvalue weighted by Crippen LogP contribution is -2.49. The fourth-order valence-electron chi connectivity index (χ4n) is 4.38. The lowest BCUT2D eigenvalue weighted by Gasteiger charge is -2.35. The number of ketones is 1. The molecule has 1 fully saturated rings. The number of hydrogen-bond donors (Lipinski definition) is 1. The van der Waals surface area contributed by atoms with Gasteiger partial charge >= 0.3 is 0 Å². The van der Waals surface area contributed by atoms with Crippen molar-refractivity contribution in [1.29, 1.82) is 0 Å². The molecule has 1 saturated heterocycles. The van der Waals surface area contributed by atoms with E-state index in [0.29, 0.717) is 11.1 Å². The van der Waals surface area contributed by atoms with E-state index < -0.39 is 0 Å². The molecular weight excluding hydrogens is 417 g/mol. The van der Waals surface area contributed by atoms with Gasteiger partial charge in [-0.05, 0) is 68.2 Å². The largest absolute Gasteiger partial charge is 0.348 e. The summed E-state index contributed by atoms with van der Waals surface area (Å²) in [5, 5.41) is 4.13. The van der Waals surface area contributed by atoms with Gasteiger partial charge in [-0.1, -0.05) is 32.0 Å². The molecule has 1 aliphatic rings. The number of nitrogens with one attached hydrogen (secondary N) is 1. The third-order valence-corrected chi connectivity index (χ3v) is 6.52. The van der Waals surface area contributed by atoms with Gasteiger partial charge in [-0.25, -0.2) is 4.39 Å². The Morgan fingerprint density at radius 2 is 1.76 bits per heavy atom. The standard InChI is InChI=1S/C27H30FN3O2/c1-18(2)25(30-27(33)22-15-21-5-3-4-6-24(21)29-16-22)17-31-13-11-20(12-14-31)26(32)19-7-9-23(28)10-8-19/h3-10,15-16,18,20,25H,11-14,17H2,1-2H3,(H,30,33). The minimum atomic E-state index is -0.331. The van der Waals surface area contributed by atoms with E-state index in [-0.39, 0.29) is 35.4 Å². The molecule has 5 nitrogen and oxygen atoms in total. The molecule has 6 heteroatoms. The fraction of sp³-hybridized carbons (Fsp3) is 0.370. The van der Waals surface area contributed by atoms with E-state index in [1.807, 2.05) is 30.3 Å². The van der Waals surface area contributed by atoms with Crippen LogP contribution in [0, 0.1) is 17.7 Å². The Morgan fingerprint density at radius 1 is 1.06 bits per heavy atom. The van der Waals surface area contributed by atoms with Crippen LogP contribution in [0.15, 0.2) is 60.8 Å². The van der Waals surface area contributed by atoms with Gasteiger partial charge in [0, 0.05) is 35.7 Å². The predicted molar refractivity (Wildman–Crippen MR) is 128 cm³/mol. The van der Waals surface area contributed by atoms with Gasteiger partial charge in [0.25, 0.3) is 5.91 Å². The quantitative estimate of drug-likeness (QED) is 0.532. The molecule has 1 N–H and O–H groups in total. The maximum atomic E-state index is 13.1. The number of aromatic nitrogens is 1. The fourth-order valence-corrected chi connectivity index (χ4v) is 4.38. The van der Waals surface area contributed by atoms with Crippen LogP contribution < -0.4 is 5.32 Å². The summed E-state index contributed by atoms with van der Waals surface area (Å²) in [7, 11) is 0. The van der Waals surface area contributed by atoms with Gasteiger partial charge in [0.1, 0.15) is 5.82 Å². The molecule has 172 valence electrons. The molecule has 1 aliphatic heterocycles. The summed E-state index contributed by atoms with van der Waals surface area (Å²) < 4.78 is 13.1. The summed E-state index contributed by atoms with van der Waals surface area (Å²) in [5.74, 6) is -0.133. The van der Waals surface area contributed by atoms with Crippen LogP contribution in [-0.4, -0.2) is 47.3 Å². The Balaban J connectivity index is 1.34. The Labute approximate surface area is 194 Å². The second-order valence-corrected chi connectivity index (χ2v) is 9.19. The van der Waals surface area contributed by atoms with E-state index in [4.69, 9.17) is 0 Å². The van der Waals surface area contributed by atoms with E-state index in [1.165, 1.54) is 12.1 Å². The minimum absolute atomic E-state index is 0.00618. The number of carbonyl (C=O) groups is 2. The highest BCUT2D eigenvalue weighted by atomic mass is 19.1. The number of pyridine rings is 1. The van der Waals surface area contributed by atoms with Crippen LogP contribution in [0.1, 0.15) is 47.4 Å². The van der Waals surface area contributed by atoms with E-state index in [0.717, 1.165) is 43.4 Å². The molecule has 3 aromatic rings. The van der Waals surface area contributed by atoms with Crippen molar-refractivity contribution in [3.05, 3.63) is 77.7 Å². The van der Waals surface area contributed by atoms with Gasteiger partial charge < -0.3 is 10.2 Å². The van der Waals surface area contributed by atoms with Crippen LogP contribution in [0.5, 0.6) is 0 Å². The molecule has 1 amide bonds. The summed E-state index contributed by atoms with van der Waals surface area (Å²) in [6, 6.07) is 15.4. The summed E-state index contributed by atoms with van der Waals surface area (Å²) in [6.45, 7) is 6.55. The Bertz CT molecular complexity index is 1120. The van der Waals surface area contributed by atoms with Gasteiger partial charge in [-0.2, -0.15) is 0 Å². The molecule has 0 spiro atoms. The normalized spacial score (nSPS) is 16.1. The molecule has 2 heterocycles. The van der Waals surface area contributed by atoms with Crippen LogP contribution in [0.25, 0.3) is 10.9 Å². The molecular formula is C27H30FN3O2. The zero-order valence-electron chi connectivity index (χ0n) is 19.1. The van der Waals surface area contributed by atoms with Crippen LogP contribution in [0.3, 0.4) is 0 Å². The SMILES string of the molecule is CC(C)C(CN1CCC(C(=O)c2ccc(F)cc2)CC1)NC(=O)c1cnc2ccccc2c1. The highest BCUT2D eigenvalue weighted by molar-refractivity contribution is 5.98. The Hall–Kier alpha value is -3.12. The Morgan fingerprint density at radius 3 is 2.45 bits per heavy atom. The van der Waals surface area contributed by atoms with Gasteiger partial charge in [0.2, 0.25) is 0 Å². The number of para-hydroxylation sites is 1. The number of rotatable bonds is 7. The average molecular weight is 448 g/mol. The monoisotopic (exact) mass is 447 g/mol. The smallest absolute Gasteiger partial charge is 0.253 e. The molecule has 2 aromatic carbocycles. The van der Waals surface area contributed by atoms with Crippen molar-refractivity contribution < 1.29 is 14.0 Å². The van der Waals surface area contributed by atoms with Crippen molar-refractivity contribution in [2.45, 2.75) is 32.7 Å². The second kappa shape index (κ2) is 10.2.